The zero-order chi connectivity index (χ0) is 13.2. The maximum atomic E-state index is 4.69. The van der Waals surface area contributed by atoms with E-state index in [9.17, 15) is 0 Å². The Kier molecular flexibility index (Phi) is 4.49. The molecular weight excluding hydrogens is 290 g/mol. The van der Waals surface area contributed by atoms with Gasteiger partial charge in [-0.05, 0) is 60.5 Å². The summed E-state index contributed by atoms with van der Waals surface area (Å²) >= 11 is 3.75. The van der Waals surface area contributed by atoms with Gasteiger partial charge in [-0.3, -0.25) is 4.68 Å². The molecule has 1 aromatic rings. The Balaban J connectivity index is 2.15. The fourth-order valence-electron chi connectivity index (χ4n) is 2.52. The van der Waals surface area contributed by atoms with Gasteiger partial charge in [0.15, 0.2) is 0 Å². The third-order valence-electron chi connectivity index (χ3n) is 3.94. The van der Waals surface area contributed by atoms with Crippen LogP contribution >= 0.6 is 15.9 Å². The molecule has 0 unspecified atom stereocenters. The minimum absolute atomic E-state index is 0.497. The Morgan fingerprint density at radius 2 is 2.06 bits per heavy atom. The average Bonchev–Trinajstić information content (AvgIpc) is 3.08. The first kappa shape index (κ1) is 14.1. The largest absolute Gasteiger partial charge is 0.316 e. The highest BCUT2D eigenvalue weighted by Crippen LogP contribution is 2.48. The van der Waals surface area contributed by atoms with Crippen LogP contribution in [-0.4, -0.2) is 22.9 Å². The lowest BCUT2D eigenvalue weighted by Gasteiger charge is -2.16. The molecule has 4 heteroatoms. The molecule has 0 radical (unpaired) electrons. The number of rotatable bonds is 7. The normalized spacial score (nSPS) is 17.1. The Morgan fingerprint density at radius 3 is 2.56 bits per heavy atom. The zero-order valence-electron chi connectivity index (χ0n) is 11.7. The van der Waals surface area contributed by atoms with E-state index >= 15 is 0 Å². The minimum atomic E-state index is 0.497. The van der Waals surface area contributed by atoms with Crippen LogP contribution in [0.25, 0.3) is 0 Å². The molecule has 0 aliphatic heterocycles. The van der Waals surface area contributed by atoms with E-state index in [1.54, 1.807) is 0 Å². The van der Waals surface area contributed by atoms with E-state index in [0.29, 0.717) is 5.41 Å². The van der Waals surface area contributed by atoms with Crippen molar-refractivity contribution in [3.05, 3.63) is 15.9 Å². The molecule has 0 saturated heterocycles. The van der Waals surface area contributed by atoms with Crippen molar-refractivity contribution in [2.75, 3.05) is 13.1 Å². The van der Waals surface area contributed by atoms with Crippen LogP contribution in [0.4, 0.5) is 0 Å². The van der Waals surface area contributed by atoms with E-state index in [1.165, 1.54) is 28.7 Å². The summed E-state index contributed by atoms with van der Waals surface area (Å²) in [5.74, 6) is 0. The first-order valence-electron chi connectivity index (χ1n) is 7.10. The van der Waals surface area contributed by atoms with E-state index in [0.717, 1.165) is 32.5 Å². The molecule has 0 bridgehead atoms. The average molecular weight is 314 g/mol. The number of nitrogens with zero attached hydrogens (tertiary/aromatic N) is 2. The molecule has 1 heterocycles. The second-order valence-corrected chi connectivity index (χ2v) is 6.13. The van der Waals surface area contributed by atoms with Gasteiger partial charge in [0, 0.05) is 13.1 Å². The Bertz CT molecular complexity index is 407. The number of aromatic nitrogens is 2. The molecule has 1 aliphatic carbocycles. The molecule has 3 nitrogen and oxygen atoms in total. The number of aryl methyl sites for hydroxylation is 2. The van der Waals surface area contributed by atoms with Crippen LogP contribution in [0.15, 0.2) is 4.47 Å². The number of hydrogen-bond donors (Lipinski definition) is 1. The van der Waals surface area contributed by atoms with Crippen molar-refractivity contribution < 1.29 is 0 Å². The molecule has 2 rings (SSSR count). The summed E-state index contributed by atoms with van der Waals surface area (Å²) in [6.07, 6.45) is 4.85. The third-order valence-corrected chi connectivity index (χ3v) is 4.86. The molecule has 1 aromatic heterocycles. The fraction of sp³-hybridized carbons (Fsp3) is 0.786. The highest BCUT2D eigenvalue weighted by Gasteiger charge is 2.43. The van der Waals surface area contributed by atoms with E-state index < -0.39 is 0 Å². The summed E-state index contributed by atoms with van der Waals surface area (Å²) in [5.41, 5.74) is 3.09. The van der Waals surface area contributed by atoms with E-state index in [-0.39, 0.29) is 0 Å². The lowest BCUT2D eigenvalue weighted by Crippen LogP contribution is -2.26. The van der Waals surface area contributed by atoms with Crippen molar-refractivity contribution in [2.24, 2.45) is 5.41 Å². The summed E-state index contributed by atoms with van der Waals surface area (Å²) in [7, 11) is 0. The van der Waals surface area contributed by atoms with Crippen molar-refractivity contribution in [1.29, 1.82) is 0 Å². The van der Waals surface area contributed by atoms with Gasteiger partial charge in [0.25, 0.3) is 0 Å². The monoisotopic (exact) mass is 313 g/mol. The highest BCUT2D eigenvalue weighted by molar-refractivity contribution is 9.10. The molecular formula is C14H24BrN3. The first-order chi connectivity index (χ1) is 8.65. The topological polar surface area (TPSA) is 29.9 Å². The van der Waals surface area contributed by atoms with Crippen molar-refractivity contribution in [3.63, 3.8) is 0 Å². The van der Waals surface area contributed by atoms with Gasteiger partial charge >= 0.3 is 0 Å². The summed E-state index contributed by atoms with van der Waals surface area (Å²) in [6, 6.07) is 0. The predicted molar refractivity (Wildman–Crippen MR) is 78.9 cm³/mol. The van der Waals surface area contributed by atoms with Crippen LogP contribution in [0.3, 0.4) is 0 Å². The SMILES string of the molecule is CCNCC1(Cc2c(Br)c(CC)nn2CC)CC1. The fourth-order valence-corrected chi connectivity index (χ4v) is 3.23. The van der Waals surface area contributed by atoms with Crippen LogP contribution < -0.4 is 5.32 Å². The highest BCUT2D eigenvalue weighted by atomic mass is 79.9. The Morgan fingerprint density at radius 1 is 1.33 bits per heavy atom. The predicted octanol–water partition coefficient (Wildman–Crippen LogP) is 3.16. The van der Waals surface area contributed by atoms with Gasteiger partial charge in [-0.25, -0.2) is 0 Å². The van der Waals surface area contributed by atoms with Gasteiger partial charge in [0.05, 0.1) is 15.9 Å². The van der Waals surface area contributed by atoms with Crippen LogP contribution in [0.5, 0.6) is 0 Å². The standard InChI is InChI=1S/C14H24BrN3/c1-4-11-13(15)12(18(6-3)17-11)9-14(7-8-14)10-16-5-2/h16H,4-10H2,1-3H3. The summed E-state index contributed by atoms with van der Waals surface area (Å²) in [4.78, 5) is 0. The van der Waals surface area contributed by atoms with Crippen molar-refractivity contribution >= 4 is 15.9 Å². The molecule has 18 heavy (non-hydrogen) atoms. The lowest BCUT2D eigenvalue weighted by molar-refractivity contribution is 0.442. The molecule has 0 aromatic carbocycles. The van der Waals surface area contributed by atoms with Crippen molar-refractivity contribution in [2.45, 2.75) is 53.0 Å². The van der Waals surface area contributed by atoms with Gasteiger partial charge in [-0.1, -0.05) is 13.8 Å². The van der Waals surface area contributed by atoms with E-state index in [2.05, 4.69) is 51.8 Å². The van der Waals surface area contributed by atoms with Crippen molar-refractivity contribution in [1.82, 2.24) is 15.1 Å². The van der Waals surface area contributed by atoms with Gasteiger partial charge < -0.3 is 5.32 Å². The summed E-state index contributed by atoms with van der Waals surface area (Å²) in [6.45, 7) is 9.69. The van der Waals surface area contributed by atoms with Crippen LogP contribution in [0.2, 0.25) is 0 Å². The second kappa shape index (κ2) is 5.74. The second-order valence-electron chi connectivity index (χ2n) is 5.33. The molecule has 0 spiro atoms. The lowest BCUT2D eigenvalue weighted by atomic mass is 9.99. The number of hydrogen-bond acceptors (Lipinski definition) is 2. The summed E-state index contributed by atoms with van der Waals surface area (Å²) < 4.78 is 3.42. The smallest absolute Gasteiger partial charge is 0.0766 e. The number of halogens is 1. The first-order valence-corrected chi connectivity index (χ1v) is 7.90. The van der Waals surface area contributed by atoms with Gasteiger partial charge in [0.2, 0.25) is 0 Å². The van der Waals surface area contributed by atoms with E-state index in [4.69, 9.17) is 0 Å². The van der Waals surface area contributed by atoms with Gasteiger partial charge in [0.1, 0.15) is 0 Å². The minimum Gasteiger partial charge on any atom is -0.316 e. The molecule has 1 fully saturated rings. The van der Waals surface area contributed by atoms with E-state index in [1.807, 2.05) is 0 Å². The molecule has 1 saturated carbocycles. The maximum absolute atomic E-state index is 4.69. The third kappa shape index (κ3) is 2.80. The Hall–Kier alpha value is -0.350. The summed E-state index contributed by atoms with van der Waals surface area (Å²) in [5, 5.41) is 8.19. The molecule has 1 aliphatic rings. The molecule has 1 N–H and O–H groups in total. The Labute approximate surface area is 118 Å². The van der Waals surface area contributed by atoms with Gasteiger partial charge in [-0.15, -0.1) is 0 Å². The zero-order valence-corrected chi connectivity index (χ0v) is 13.3. The molecule has 0 atom stereocenters. The maximum Gasteiger partial charge on any atom is 0.0766 e. The van der Waals surface area contributed by atoms with Crippen LogP contribution in [0, 0.1) is 5.41 Å². The quantitative estimate of drug-likeness (QED) is 0.838. The molecule has 102 valence electrons. The van der Waals surface area contributed by atoms with Crippen LogP contribution in [0.1, 0.15) is 45.0 Å². The van der Waals surface area contributed by atoms with Crippen molar-refractivity contribution in [3.8, 4) is 0 Å². The molecule has 0 amide bonds. The van der Waals surface area contributed by atoms with Crippen LogP contribution in [-0.2, 0) is 19.4 Å². The number of nitrogens with one attached hydrogen (secondary N) is 1. The van der Waals surface area contributed by atoms with Gasteiger partial charge in [-0.2, -0.15) is 5.10 Å².